The molecule has 7 heteroatoms. The van der Waals surface area contributed by atoms with Crippen LogP contribution in [0.25, 0.3) is 21.5 Å². The standard InChI is InChI=1S/C20H17N3O3S/c1-13(15-9-8-14-5-2-3-6-16(14)11-15)21-18(24)12-23-20(25)26-19(22-23)17-7-4-10-27-17/h2-11,13H,12H2,1H3,(H,21,24). The number of fused-ring (bicyclic) bond motifs is 1. The molecule has 27 heavy (non-hydrogen) atoms. The summed E-state index contributed by atoms with van der Waals surface area (Å²) in [5, 5.41) is 11.1. The highest BCUT2D eigenvalue weighted by molar-refractivity contribution is 7.13. The van der Waals surface area contributed by atoms with Gasteiger partial charge in [0.2, 0.25) is 5.91 Å². The molecule has 6 nitrogen and oxygen atoms in total. The maximum Gasteiger partial charge on any atom is 0.437 e. The van der Waals surface area contributed by atoms with Gasteiger partial charge in [-0.1, -0.05) is 42.5 Å². The van der Waals surface area contributed by atoms with Crippen LogP contribution in [0.15, 0.2) is 69.2 Å². The topological polar surface area (TPSA) is 77.1 Å². The van der Waals surface area contributed by atoms with Gasteiger partial charge in [0.1, 0.15) is 6.54 Å². The van der Waals surface area contributed by atoms with Crippen LogP contribution in [0, 0.1) is 0 Å². The van der Waals surface area contributed by atoms with Gasteiger partial charge in [0, 0.05) is 0 Å². The van der Waals surface area contributed by atoms with Gasteiger partial charge in [-0.05, 0) is 40.8 Å². The first-order valence-electron chi connectivity index (χ1n) is 8.50. The van der Waals surface area contributed by atoms with Crippen molar-refractivity contribution in [2.45, 2.75) is 19.5 Å². The van der Waals surface area contributed by atoms with E-state index >= 15 is 0 Å². The Morgan fingerprint density at radius 1 is 1.19 bits per heavy atom. The maximum atomic E-state index is 12.4. The molecule has 0 aliphatic rings. The molecule has 1 N–H and O–H groups in total. The second-order valence-electron chi connectivity index (χ2n) is 6.20. The molecule has 0 aliphatic carbocycles. The molecule has 1 atom stereocenters. The van der Waals surface area contributed by atoms with E-state index in [0.717, 1.165) is 25.9 Å². The van der Waals surface area contributed by atoms with Crippen molar-refractivity contribution in [1.82, 2.24) is 15.1 Å². The molecule has 1 amide bonds. The molecule has 136 valence electrons. The molecule has 0 spiro atoms. The zero-order valence-electron chi connectivity index (χ0n) is 14.6. The number of benzene rings is 2. The van der Waals surface area contributed by atoms with E-state index in [4.69, 9.17) is 4.42 Å². The number of hydrogen-bond acceptors (Lipinski definition) is 5. The lowest BCUT2D eigenvalue weighted by molar-refractivity contribution is -0.122. The summed E-state index contributed by atoms with van der Waals surface area (Å²) >= 11 is 1.42. The third-order valence-corrected chi connectivity index (χ3v) is 5.14. The van der Waals surface area contributed by atoms with E-state index < -0.39 is 5.76 Å². The fraction of sp³-hybridized carbons (Fsp3) is 0.150. The molecule has 0 aliphatic heterocycles. The highest BCUT2D eigenvalue weighted by Crippen LogP contribution is 2.21. The number of carbonyl (C=O) groups is 1. The molecule has 0 saturated carbocycles. The molecule has 2 aromatic carbocycles. The summed E-state index contributed by atoms with van der Waals surface area (Å²) in [4.78, 5) is 25.0. The van der Waals surface area contributed by atoms with Gasteiger partial charge in [-0.2, -0.15) is 4.68 Å². The average Bonchev–Trinajstić information content (AvgIpc) is 3.31. The Labute approximate surface area is 159 Å². The van der Waals surface area contributed by atoms with Crippen molar-refractivity contribution in [1.29, 1.82) is 0 Å². The molecule has 4 aromatic rings. The van der Waals surface area contributed by atoms with Crippen molar-refractivity contribution in [3.8, 4) is 10.8 Å². The summed E-state index contributed by atoms with van der Waals surface area (Å²) in [5.74, 6) is -0.721. The third kappa shape index (κ3) is 3.68. The minimum atomic E-state index is -0.646. The third-order valence-electron chi connectivity index (χ3n) is 4.28. The normalized spacial score (nSPS) is 12.2. The Hall–Kier alpha value is -3.19. The molecule has 0 saturated heterocycles. The van der Waals surface area contributed by atoms with Crippen LogP contribution in [0.4, 0.5) is 0 Å². The van der Waals surface area contributed by atoms with Crippen molar-refractivity contribution in [3.63, 3.8) is 0 Å². The second kappa shape index (κ2) is 7.20. The zero-order chi connectivity index (χ0) is 18.8. The fourth-order valence-corrected chi connectivity index (χ4v) is 3.53. The van der Waals surface area contributed by atoms with Gasteiger partial charge in [0.15, 0.2) is 0 Å². The number of nitrogens with zero attached hydrogens (tertiary/aromatic N) is 2. The second-order valence-corrected chi connectivity index (χ2v) is 7.15. The highest BCUT2D eigenvalue weighted by atomic mass is 32.1. The van der Waals surface area contributed by atoms with Crippen LogP contribution in [-0.2, 0) is 11.3 Å². The predicted octanol–water partition coefficient (Wildman–Crippen LogP) is 3.60. The largest absolute Gasteiger partial charge is 0.437 e. The van der Waals surface area contributed by atoms with Crippen LogP contribution in [0.1, 0.15) is 18.5 Å². The van der Waals surface area contributed by atoms with Crippen molar-refractivity contribution >= 4 is 28.0 Å². The van der Waals surface area contributed by atoms with E-state index in [9.17, 15) is 9.59 Å². The van der Waals surface area contributed by atoms with Crippen LogP contribution in [0.3, 0.4) is 0 Å². The summed E-state index contributed by atoms with van der Waals surface area (Å²) in [5.41, 5.74) is 0.994. The quantitative estimate of drug-likeness (QED) is 0.575. The first-order valence-corrected chi connectivity index (χ1v) is 9.38. The van der Waals surface area contributed by atoms with Gasteiger partial charge < -0.3 is 9.73 Å². The summed E-state index contributed by atoms with van der Waals surface area (Å²) in [7, 11) is 0. The van der Waals surface area contributed by atoms with Gasteiger partial charge in [0.05, 0.1) is 10.9 Å². The summed E-state index contributed by atoms with van der Waals surface area (Å²) in [6, 6.07) is 17.6. The minimum absolute atomic E-state index is 0.189. The van der Waals surface area contributed by atoms with Crippen molar-refractivity contribution in [2.75, 3.05) is 0 Å². The van der Waals surface area contributed by atoms with Gasteiger partial charge in [-0.25, -0.2) is 4.79 Å². The lowest BCUT2D eigenvalue weighted by atomic mass is 10.0. The summed E-state index contributed by atoms with van der Waals surface area (Å²) < 4.78 is 6.16. The first-order chi connectivity index (χ1) is 13.1. The number of rotatable bonds is 5. The fourth-order valence-electron chi connectivity index (χ4n) is 2.89. The Balaban J connectivity index is 1.46. The van der Waals surface area contributed by atoms with Crippen molar-refractivity contribution < 1.29 is 9.21 Å². The highest BCUT2D eigenvalue weighted by Gasteiger charge is 2.16. The monoisotopic (exact) mass is 379 g/mol. The van der Waals surface area contributed by atoms with Gasteiger partial charge in [0.25, 0.3) is 5.89 Å². The maximum absolute atomic E-state index is 12.4. The molecular weight excluding hydrogens is 362 g/mol. The number of thiophene rings is 1. The van der Waals surface area contributed by atoms with E-state index in [2.05, 4.69) is 16.5 Å². The summed E-state index contributed by atoms with van der Waals surface area (Å²) in [6.07, 6.45) is 0. The SMILES string of the molecule is CC(NC(=O)Cn1nc(-c2cccs2)oc1=O)c1ccc2ccccc2c1. The van der Waals surface area contributed by atoms with E-state index in [1.165, 1.54) is 11.3 Å². The average molecular weight is 379 g/mol. The number of carbonyl (C=O) groups excluding carboxylic acids is 1. The van der Waals surface area contributed by atoms with Gasteiger partial charge >= 0.3 is 5.76 Å². The van der Waals surface area contributed by atoms with E-state index in [1.54, 1.807) is 0 Å². The van der Waals surface area contributed by atoms with Crippen LogP contribution < -0.4 is 11.1 Å². The molecule has 2 aromatic heterocycles. The van der Waals surface area contributed by atoms with E-state index in [1.807, 2.05) is 60.8 Å². The zero-order valence-corrected chi connectivity index (χ0v) is 15.4. The van der Waals surface area contributed by atoms with Crippen LogP contribution in [0.5, 0.6) is 0 Å². The van der Waals surface area contributed by atoms with Crippen molar-refractivity contribution in [2.24, 2.45) is 0 Å². The van der Waals surface area contributed by atoms with E-state index in [0.29, 0.717) is 0 Å². The molecule has 0 radical (unpaired) electrons. The van der Waals surface area contributed by atoms with Crippen molar-refractivity contribution in [3.05, 3.63) is 76.1 Å². The Morgan fingerprint density at radius 2 is 2.00 bits per heavy atom. The minimum Gasteiger partial charge on any atom is -0.387 e. The number of aromatic nitrogens is 2. The number of nitrogens with one attached hydrogen (secondary N) is 1. The van der Waals surface area contributed by atoms with Gasteiger partial charge in [-0.15, -0.1) is 16.4 Å². The van der Waals surface area contributed by atoms with Crippen LogP contribution in [-0.4, -0.2) is 15.7 Å². The number of hydrogen-bond donors (Lipinski definition) is 1. The predicted molar refractivity (Wildman–Crippen MR) is 105 cm³/mol. The first kappa shape index (κ1) is 17.2. The summed E-state index contributed by atoms with van der Waals surface area (Å²) in [6.45, 7) is 1.72. The lowest BCUT2D eigenvalue weighted by Gasteiger charge is -2.14. The Morgan fingerprint density at radius 3 is 2.78 bits per heavy atom. The van der Waals surface area contributed by atoms with Crippen LogP contribution in [0.2, 0.25) is 0 Å². The van der Waals surface area contributed by atoms with Crippen LogP contribution >= 0.6 is 11.3 Å². The Kier molecular flexibility index (Phi) is 4.60. The molecular formula is C20H17N3O3S. The molecule has 1 unspecified atom stereocenters. The van der Waals surface area contributed by atoms with E-state index in [-0.39, 0.29) is 24.4 Å². The lowest BCUT2D eigenvalue weighted by Crippen LogP contribution is -2.33. The molecule has 0 fully saturated rings. The molecule has 2 heterocycles. The molecule has 4 rings (SSSR count). The molecule has 0 bridgehead atoms. The number of amides is 1. The smallest absolute Gasteiger partial charge is 0.387 e. The van der Waals surface area contributed by atoms with Gasteiger partial charge in [-0.3, -0.25) is 4.79 Å². The Bertz CT molecular complexity index is 1140.